The van der Waals surface area contributed by atoms with Crippen LogP contribution in [-0.2, 0) is 23.8 Å². The molecule has 1 spiro atoms. The molecule has 118 valence electrons. The number of carbonyl (C=O) groups is 2. The number of hydrogen-bond acceptors (Lipinski definition) is 5. The summed E-state index contributed by atoms with van der Waals surface area (Å²) < 4.78 is 16.2. The van der Waals surface area contributed by atoms with Gasteiger partial charge < -0.3 is 14.2 Å². The van der Waals surface area contributed by atoms with E-state index in [9.17, 15) is 9.59 Å². The number of esters is 1. The average Bonchev–Trinajstić information content (AvgIpc) is 2.69. The number of ether oxygens (including phenoxy) is 3. The Bertz CT molecular complexity index is 448. The Labute approximate surface area is 125 Å². The second-order valence-electron chi connectivity index (χ2n) is 6.48. The smallest absolute Gasteiger partial charge is 0.320 e. The van der Waals surface area contributed by atoms with E-state index in [0.717, 1.165) is 25.7 Å². The van der Waals surface area contributed by atoms with Crippen molar-refractivity contribution in [2.75, 3.05) is 20.5 Å². The van der Waals surface area contributed by atoms with E-state index < -0.39 is 5.41 Å². The maximum absolute atomic E-state index is 12.7. The Kier molecular flexibility index (Phi) is 3.82. The third kappa shape index (κ3) is 1.77. The molecule has 3 aliphatic rings. The van der Waals surface area contributed by atoms with Crippen LogP contribution in [0.5, 0.6) is 0 Å². The van der Waals surface area contributed by atoms with Crippen molar-refractivity contribution in [3.05, 3.63) is 0 Å². The lowest BCUT2D eigenvalue weighted by atomic mass is 9.39. The number of Topliss-reactive ketones (excluding diaryl/α,β-unsaturated/α-hetero) is 1. The minimum absolute atomic E-state index is 0.0649. The molecule has 3 rings (SSSR count). The molecule has 0 radical (unpaired) electrons. The molecular formula is C16H24O5. The Balaban J connectivity index is 1.95. The van der Waals surface area contributed by atoms with E-state index in [-0.39, 0.29) is 30.1 Å². The van der Waals surface area contributed by atoms with Gasteiger partial charge in [0.15, 0.2) is 5.78 Å². The van der Waals surface area contributed by atoms with Crippen molar-refractivity contribution >= 4 is 11.8 Å². The molecule has 0 aromatic heterocycles. The molecule has 0 N–H and O–H groups in total. The van der Waals surface area contributed by atoms with Gasteiger partial charge in [-0.05, 0) is 44.9 Å². The first-order valence-corrected chi connectivity index (χ1v) is 7.94. The van der Waals surface area contributed by atoms with Crippen LogP contribution in [0, 0.1) is 16.7 Å². The highest BCUT2D eigenvalue weighted by Crippen LogP contribution is 2.73. The molecule has 0 bridgehead atoms. The zero-order valence-electron chi connectivity index (χ0n) is 12.9. The van der Waals surface area contributed by atoms with E-state index in [1.807, 2.05) is 0 Å². The van der Waals surface area contributed by atoms with Crippen molar-refractivity contribution in [2.24, 2.45) is 16.7 Å². The van der Waals surface area contributed by atoms with Crippen LogP contribution in [-0.4, -0.2) is 38.4 Å². The van der Waals surface area contributed by atoms with Gasteiger partial charge in [0.05, 0.1) is 12.7 Å². The fourth-order valence-corrected chi connectivity index (χ4v) is 5.20. The normalized spacial score (nSPS) is 41.1. The van der Waals surface area contributed by atoms with Crippen molar-refractivity contribution in [2.45, 2.75) is 51.6 Å². The van der Waals surface area contributed by atoms with Crippen molar-refractivity contribution in [3.63, 3.8) is 0 Å². The first-order valence-electron chi connectivity index (χ1n) is 7.94. The van der Waals surface area contributed by atoms with E-state index in [4.69, 9.17) is 14.2 Å². The lowest BCUT2D eigenvalue weighted by molar-refractivity contribution is -0.233. The molecule has 3 fully saturated rings. The summed E-state index contributed by atoms with van der Waals surface area (Å²) in [6, 6.07) is 0. The van der Waals surface area contributed by atoms with Crippen LogP contribution in [0.25, 0.3) is 0 Å². The lowest BCUT2D eigenvalue weighted by Crippen LogP contribution is -2.70. The molecule has 21 heavy (non-hydrogen) atoms. The minimum atomic E-state index is -0.944. The zero-order valence-corrected chi connectivity index (χ0v) is 12.9. The summed E-state index contributed by atoms with van der Waals surface area (Å²) in [4.78, 5) is 25.3. The van der Waals surface area contributed by atoms with Crippen molar-refractivity contribution in [1.29, 1.82) is 0 Å². The Morgan fingerprint density at radius 1 is 1.38 bits per heavy atom. The summed E-state index contributed by atoms with van der Waals surface area (Å²) in [6.07, 6.45) is 4.75. The summed E-state index contributed by atoms with van der Waals surface area (Å²) in [5.74, 6) is 0.156. The average molecular weight is 296 g/mol. The third-order valence-electron chi connectivity index (χ3n) is 5.91. The van der Waals surface area contributed by atoms with Gasteiger partial charge in [-0.2, -0.15) is 0 Å². The Morgan fingerprint density at radius 3 is 2.90 bits per heavy atom. The second-order valence-corrected chi connectivity index (χ2v) is 6.48. The fraction of sp³-hybridized carbons (Fsp3) is 0.875. The lowest BCUT2D eigenvalue weighted by Gasteiger charge is -2.63. The summed E-state index contributed by atoms with van der Waals surface area (Å²) in [7, 11) is 1.59. The predicted octanol–water partition coefficient (Wildman–Crippen LogP) is 2.08. The summed E-state index contributed by atoms with van der Waals surface area (Å²) in [6.45, 7) is 2.32. The van der Waals surface area contributed by atoms with Gasteiger partial charge >= 0.3 is 5.97 Å². The fourth-order valence-electron chi connectivity index (χ4n) is 5.20. The van der Waals surface area contributed by atoms with Crippen molar-refractivity contribution < 1.29 is 23.8 Å². The highest BCUT2D eigenvalue weighted by molar-refractivity contribution is 6.07. The maximum atomic E-state index is 12.7. The quantitative estimate of drug-likeness (QED) is 0.441. The van der Waals surface area contributed by atoms with Crippen LogP contribution in [0.15, 0.2) is 0 Å². The first-order chi connectivity index (χ1) is 10.1. The molecule has 0 saturated heterocycles. The zero-order chi connectivity index (χ0) is 15.1. The van der Waals surface area contributed by atoms with Gasteiger partial charge in [0, 0.05) is 18.9 Å². The molecule has 0 aliphatic heterocycles. The SMILES string of the molecule is CCOC(=O)[C@]12C[C@@H]3CC[C@@H](OCOC)[C@@]31CCCC2=O. The number of ketones is 1. The molecule has 0 aromatic carbocycles. The molecular weight excluding hydrogens is 272 g/mol. The third-order valence-corrected chi connectivity index (χ3v) is 5.91. The Morgan fingerprint density at radius 2 is 2.19 bits per heavy atom. The van der Waals surface area contributed by atoms with Crippen LogP contribution in [0.1, 0.15) is 45.4 Å². The Hall–Kier alpha value is -0.940. The molecule has 0 unspecified atom stereocenters. The van der Waals surface area contributed by atoms with Gasteiger partial charge in [0.1, 0.15) is 12.2 Å². The summed E-state index contributed by atoms with van der Waals surface area (Å²) in [5.41, 5.74) is -1.28. The standard InChI is InChI=1S/C16H24O5/c1-3-20-14(18)16-9-11-6-7-13(21-10-19-2)15(11,16)8-4-5-12(16)17/h11,13H,3-10H2,1-2H3/t11-,13+,15+,16+/m0/s1. The monoisotopic (exact) mass is 296 g/mol. The molecule has 4 atom stereocenters. The summed E-state index contributed by atoms with van der Waals surface area (Å²) >= 11 is 0. The second kappa shape index (κ2) is 5.36. The number of hydrogen-bond donors (Lipinski definition) is 0. The van der Waals surface area contributed by atoms with Gasteiger partial charge in [-0.15, -0.1) is 0 Å². The predicted molar refractivity (Wildman–Crippen MR) is 74.4 cm³/mol. The molecule has 0 heterocycles. The van der Waals surface area contributed by atoms with Gasteiger partial charge in [0.2, 0.25) is 0 Å². The van der Waals surface area contributed by atoms with Gasteiger partial charge in [-0.3, -0.25) is 9.59 Å². The minimum Gasteiger partial charge on any atom is -0.465 e. The van der Waals surface area contributed by atoms with Crippen LogP contribution in [0.4, 0.5) is 0 Å². The number of methoxy groups -OCH3 is 1. The topological polar surface area (TPSA) is 61.8 Å². The van der Waals surface area contributed by atoms with E-state index >= 15 is 0 Å². The largest absolute Gasteiger partial charge is 0.465 e. The highest BCUT2D eigenvalue weighted by Gasteiger charge is 2.78. The van der Waals surface area contributed by atoms with E-state index in [1.165, 1.54) is 0 Å². The first kappa shape index (κ1) is 15.0. The molecule has 0 amide bonds. The number of carbonyl (C=O) groups excluding carboxylic acids is 2. The highest BCUT2D eigenvalue weighted by atomic mass is 16.7. The molecule has 5 nitrogen and oxygen atoms in total. The van der Waals surface area contributed by atoms with Crippen LogP contribution >= 0.6 is 0 Å². The molecule has 0 aromatic rings. The molecule has 3 aliphatic carbocycles. The number of rotatable bonds is 5. The summed E-state index contributed by atoms with van der Waals surface area (Å²) in [5, 5.41) is 0. The van der Waals surface area contributed by atoms with Crippen LogP contribution < -0.4 is 0 Å². The van der Waals surface area contributed by atoms with Crippen LogP contribution in [0.3, 0.4) is 0 Å². The van der Waals surface area contributed by atoms with E-state index in [2.05, 4.69) is 0 Å². The maximum Gasteiger partial charge on any atom is 0.320 e. The molecule has 5 heteroatoms. The van der Waals surface area contributed by atoms with E-state index in [1.54, 1.807) is 14.0 Å². The van der Waals surface area contributed by atoms with Gasteiger partial charge in [0.25, 0.3) is 0 Å². The van der Waals surface area contributed by atoms with E-state index in [0.29, 0.717) is 25.4 Å². The van der Waals surface area contributed by atoms with Gasteiger partial charge in [-0.25, -0.2) is 0 Å². The van der Waals surface area contributed by atoms with Crippen molar-refractivity contribution in [1.82, 2.24) is 0 Å². The van der Waals surface area contributed by atoms with Crippen molar-refractivity contribution in [3.8, 4) is 0 Å². The van der Waals surface area contributed by atoms with Crippen LogP contribution in [0.2, 0.25) is 0 Å². The molecule has 3 saturated carbocycles. The van der Waals surface area contributed by atoms with Gasteiger partial charge in [-0.1, -0.05) is 0 Å².